The first-order valence-electron chi connectivity index (χ1n) is 8.62. The molecule has 2 amide bonds. The quantitative estimate of drug-likeness (QED) is 0.658. The van der Waals surface area contributed by atoms with E-state index in [4.69, 9.17) is 0 Å². The Morgan fingerprint density at radius 2 is 1.92 bits per heavy atom. The van der Waals surface area contributed by atoms with Crippen molar-refractivity contribution in [2.24, 2.45) is 5.92 Å². The fourth-order valence-electron chi connectivity index (χ4n) is 2.55. The number of hydrogen-bond donors (Lipinski definition) is 3. The lowest BCUT2D eigenvalue weighted by atomic mass is 9.95. The van der Waals surface area contributed by atoms with E-state index in [0.29, 0.717) is 18.2 Å². The molecule has 8 heteroatoms. The molecule has 1 heterocycles. The van der Waals surface area contributed by atoms with E-state index in [2.05, 4.69) is 20.8 Å². The highest BCUT2D eigenvalue weighted by molar-refractivity contribution is 7.15. The normalized spacial score (nSPS) is 13.7. The number of carbonyl (C=O) groups is 1. The molecule has 0 saturated carbocycles. The highest BCUT2D eigenvalue weighted by Crippen LogP contribution is 2.23. The third-order valence-corrected chi connectivity index (χ3v) is 5.01. The monoisotopic (exact) mass is 377 g/mol. The second kappa shape index (κ2) is 9.61. The summed E-state index contributed by atoms with van der Waals surface area (Å²) in [6, 6.07) is 9.14. The van der Waals surface area contributed by atoms with Crippen LogP contribution in [0.5, 0.6) is 0 Å². The molecule has 0 aliphatic carbocycles. The van der Waals surface area contributed by atoms with Crippen LogP contribution in [0.15, 0.2) is 30.3 Å². The molecule has 2 rings (SSSR count). The number of aliphatic hydroxyl groups is 1. The van der Waals surface area contributed by atoms with Gasteiger partial charge in [0.1, 0.15) is 5.01 Å². The molecule has 0 aliphatic rings. The fraction of sp³-hybridized carbons (Fsp3) is 0.500. The number of urea groups is 1. The maximum absolute atomic E-state index is 12.2. The first kappa shape index (κ1) is 20.3. The van der Waals surface area contributed by atoms with Crippen LogP contribution in [0.3, 0.4) is 0 Å². The Bertz CT molecular complexity index is 690. The van der Waals surface area contributed by atoms with Crippen LogP contribution in [0.4, 0.5) is 9.93 Å². The number of aromatic nitrogens is 2. The SMILES string of the molecule is CC(C)c1nnc(NC(=O)NC[C@@H](CN(C)C)[C@@H](O)c2ccccc2)s1. The van der Waals surface area contributed by atoms with E-state index in [0.717, 1.165) is 10.6 Å². The van der Waals surface area contributed by atoms with Crippen molar-refractivity contribution in [3.05, 3.63) is 40.9 Å². The topological polar surface area (TPSA) is 90.4 Å². The zero-order valence-electron chi connectivity index (χ0n) is 15.6. The minimum absolute atomic E-state index is 0.140. The van der Waals surface area contributed by atoms with E-state index in [1.54, 1.807) is 0 Å². The lowest BCUT2D eigenvalue weighted by molar-refractivity contribution is 0.0911. The molecule has 0 radical (unpaired) electrons. The van der Waals surface area contributed by atoms with Gasteiger partial charge in [-0.25, -0.2) is 4.79 Å². The van der Waals surface area contributed by atoms with Gasteiger partial charge >= 0.3 is 6.03 Å². The predicted molar refractivity (Wildman–Crippen MR) is 104 cm³/mol. The zero-order chi connectivity index (χ0) is 19.1. The van der Waals surface area contributed by atoms with E-state index in [1.165, 1.54) is 11.3 Å². The molecular weight excluding hydrogens is 350 g/mol. The molecule has 142 valence electrons. The van der Waals surface area contributed by atoms with Gasteiger partial charge in [0, 0.05) is 24.9 Å². The minimum Gasteiger partial charge on any atom is -0.388 e. The average Bonchev–Trinajstić information content (AvgIpc) is 3.07. The molecule has 1 aromatic heterocycles. The van der Waals surface area contributed by atoms with Crippen molar-refractivity contribution in [1.29, 1.82) is 0 Å². The van der Waals surface area contributed by atoms with Crippen molar-refractivity contribution in [2.45, 2.75) is 25.9 Å². The molecule has 2 aromatic rings. The summed E-state index contributed by atoms with van der Waals surface area (Å²) in [7, 11) is 3.89. The number of benzene rings is 1. The Kier molecular flexibility index (Phi) is 7.50. The molecule has 0 bridgehead atoms. The molecule has 0 aliphatic heterocycles. The molecule has 0 fully saturated rings. The summed E-state index contributed by atoms with van der Waals surface area (Å²) in [5.74, 6) is 0.135. The van der Waals surface area contributed by atoms with Gasteiger partial charge in [-0.2, -0.15) is 0 Å². The van der Waals surface area contributed by atoms with Crippen LogP contribution in [0.1, 0.15) is 36.4 Å². The average molecular weight is 378 g/mol. The number of amides is 2. The van der Waals surface area contributed by atoms with Crippen LogP contribution < -0.4 is 10.6 Å². The summed E-state index contributed by atoms with van der Waals surface area (Å²) in [5, 5.41) is 25.6. The smallest absolute Gasteiger partial charge is 0.321 e. The maximum atomic E-state index is 12.2. The summed E-state index contributed by atoms with van der Waals surface area (Å²) >= 11 is 1.37. The molecule has 0 saturated heterocycles. The minimum atomic E-state index is -0.659. The van der Waals surface area contributed by atoms with Gasteiger partial charge in [-0.15, -0.1) is 10.2 Å². The summed E-state index contributed by atoms with van der Waals surface area (Å²) in [6.45, 7) is 5.05. The maximum Gasteiger partial charge on any atom is 0.321 e. The Balaban J connectivity index is 1.94. The Labute approximate surface area is 158 Å². The fourth-order valence-corrected chi connectivity index (χ4v) is 3.29. The summed E-state index contributed by atoms with van der Waals surface area (Å²) < 4.78 is 0. The van der Waals surface area contributed by atoms with Crippen molar-refractivity contribution >= 4 is 22.5 Å². The van der Waals surface area contributed by atoms with Crippen LogP contribution in [-0.2, 0) is 0 Å². The summed E-state index contributed by atoms with van der Waals surface area (Å²) in [5.41, 5.74) is 0.840. The van der Waals surface area contributed by atoms with Crippen LogP contribution >= 0.6 is 11.3 Å². The van der Waals surface area contributed by atoms with E-state index < -0.39 is 6.10 Å². The molecule has 2 atom stereocenters. The molecule has 0 spiro atoms. The number of nitrogens with one attached hydrogen (secondary N) is 2. The van der Waals surface area contributed by atoms with Gasteiger partial charge in [0.05, 0.1) is 6.10 Å². The van der Waals surface area contributed by atoms with E-state index in [1.807, 2.05) is 63.2 Å². The zero-order valence-corrected chi connectivity index (χ0v) is 16.5. The van der Waals surface area contributed by atoms with E-state index in [9.17, 15) is 9.90 Å². The number of anilines is 1. The van der Waals surface area contributed by atoms with Crippen LogP contribution in [0.2, 0.25) is 0 Å². The van der Waals surface area contributed by atoms with Gasteiger partial charge in [-0.05, 0) is 19.7 Å². The Hall–Kier alpha value is -2.03. The predicted octanol–water partition coefficient (Wildman–Crippen LogP) is 2.69. The highest BCUT2D eigenvalue weighted by Gasteiger charge is 2.22. The third kappa shape index (κ3) is 6.05. The van der Waals surface area contributed by atoms with Crippen molar-refractivity contribution in [3.63, 3.8) is 0 Å². The molecule has 1 aromatic carbocycles. The molecular formula is C18H27N5O2S. The number of nitrogens with zero attached hydrogens (tertiary/aromatic N) is 3. The van der Waals surface area contributed by atoms with Gasteiger partial charge in [0.25, 0.3) is 0 Å². The third-order valence-electron chi connectivity index (χ3n) is 3.87. The number of aliphatic hydroxyl groups excluding tert-OH is 1. The molecule has 3 N–H and O–H groups in total. The van der Waals surface area contributed by atoms with Gasteiger partial charge < -0.3 is 15.3 Å². The van der Waals surface area contributed by atoms with Crippen molar-refractivity contribution in [2.75, 3.05) is 32.5 Å². The lowest BCUT2D eigenvalue weighted by Crippen LogP contribution is -2.39. The van der Waals surface area contributed by atoms with Gasteiger partial charge in [-0.3, -0.25) is 5.32 Å². The second-order valence-electron chi connectivity index (χ2n) is 6.81. The van der Waals surface area contributed by atoms with Gasteiger partial charge in [0.2, 0.25) is 5.13 Å². The summed E-state index contributed by atoms with van der Waals surface area (Å²) in [6.07, 6.45) is -0.659. The first-order chi connectivity index (χ1) is 12.4. The van der Waals surface area contributed by atoms with Crippen molar-refractivity contribution in [3.8, 4) is 0 Å². The van der Waals surface area contributed by atoms with E-state index >= 15 is 0 Å². The van der Waals surface area contributed by atoms with Crippen molar-refractivity contribution < 1.29 is 9.90 Å². The van der Waals surface area contributed by atoms with Gasteiger partial charge in [-0.1, -0.05) is 55.5 Å². The first-order valence-corrected chi connectivity index (χ1v) is 9.44. The van der Waals surface area contributed by atoms with Crippen LogP contribution in [-0.4, -0.2) is 53.4 Å². The molecule has 7 nitrogen and oxygen atoms in total. The molecule has 0 unspecified atom stereocenters. The van der Waals surface area contributed by atoms with E-state index in [-0.39, 0.29) is 17.9 Å². The standard InChI is InChI=1S/C18H27N5O2S/c1-12(2)16-21-22-18(26-16)20-17(25)19-10-14(11-23(3)4)15(24)13-8-6-5-7-9-13/h5-9,12,14-15,24H,10-11H2,1-4H3,(H2,19,20,22,25)/t14-,15-/m0/s1. The lowest BCUT2D eigenvalue weighted by Gasteiger charge is -2.26. The highest BCUT2D eigenvalue weighted by atomic mass is 32.1. The molecule has 26 heavy (non-hydrogen) atoms. The Morgan fingerprint density at radius 1 is 1.23 bits per heavy atom. The largest absolute Gasteiger partial charge is 0.388 e. The Morgan fingerprint density at radius 3 is 2.50 bits per heavy atom. The van der Waals surface area contributed by atoms with Gasteiger partial charge in [0.15, 0.2) is 0 Å². The number of hydrogen-bond acceptors (Lipinski definition) is 6. The van der Waals surface area contributed by atoms with Crippen LogP contribution in [0.25, 0.3) is 0 Å². The van der Waals surface area contributed by atoms with Crippen molar-refractivity contribution in [1.82, 2.24) is 20.4 Å². The number of rotatable bonds is 8. The second-order valence-corrected chi connectivity index (χ2v) is 7.82. The van der Waals surface area contributed by atoms with Crippen LogP contribution in [0, 0.1) is 5.92 Å². The number of carbonyl (C=O) groups excluding carboxylic acids is 1. The summed E-state index contributed by atoms with van der Waals surface area (Å²) in [4.78, 5) is 14.2.